The van der Waals surface area contributed by atoms with Crippen molar-refractivity contribution in [2.24, 2.45) is 0 Å². The zero-order valence-corrected chi connectivity index (χ0v) is 15.0. The number of rotatable bonds is 4. The molecule has 152 valence electrons. The Hall–Kier alpha value is -3.63. The molecule has 4 amide bonds. The first-order valence-corrected chi connectivity index (χ1v) is 8.32. The maximum atomic E-state index is 12.8. The van der Waals surface area contributed by atoms with Crippen molar-refractivity contribution in [1.82, 2.24) is 20.3 Å². The van der Waals surface area contributed by atoms with Crippen LogP contribution in [-0.2, 0) is 27.8 Å². The number of benzene rings is 1. The predicted octanol–water partition coefficient (Wildman–Crippen LogP) is 1.37. The van der Waals surface area contributed by atoms with Gasteiger partial charge in [0.25, 0.3) is 17.4 Å². The Morgan fingerprint density at radius 2 is 1.76 bits per heavy atom. The van der Waals surface area contributed by atoms with Gasteiger partial charge < -0.3 is 9.88 Å². The molecule has 1 aliphatic heterocycles. The van der Waals surface area contributed by atoms with Crippen LogP contribution in [-0.4, -0.2) is 27.4 Å². The second-order valence-electron chi connectivity index (χ2n) is 6.48. The van der Waals surface area contributed by atoms with Crippen molar-refractivity contribution in [3.63, 3.8) is 0 Å². The summed E-state index contributed by atoms with van der Waals surface area (Å²) in [6, 6.07) is 8.65. The summed E-state index contributed by atoms with van der Waals surface area (Å²) in [5, 5.41) is 2.90. The van der Waals surface area contributed by atoms with E-state index in [9.17, 15) is 32.3 Å². The maximum Gasteiger partial charge on any atom is 0.417 e. The van der Waals surface area contributed by atoms with Crippen molar-refractivity contribution in [3.8, 4) is 0 Å². The molecule has 1 unspecified atom stereocenters. The molecule has 1 aromatic heterocycles. The van der Waals surface area contributed by atoms with Gasteiger partial charge in [0.1, 0.15) is 12.1 Å². The topological polar surface area (TPSA) is 101 Å². The molecule has 1 fully saturated rings. The molecule has 1 atom stereocenters. The average Bonchev–Trinajstić information content (AvgIpc) is 2.87. The lowest BCUT2D eigenvalue weighted by molar-refractivity contribution is -0.139. The number of carbonyl (C=O) groups is 3. The van der Waals surface area contributed by atoms with Crippen molar-refractivity contribution in [2.45, 2.75) is 25.2 Å². The van der Waals surface area contributed by atoms with Crippen LogP contribution in [0.1, 0.15) is 18.1 Å². The van der Waals surface area contributed by atoms with Crippen molar-refractivity contribution in [3.05, 3.63) is 70.1 Å². The third-order valence-corrected chi connectivity index (χ3v) is 4.40. The molecule has 8 nitrogen and oxygen atoms in total. The average molecular weight is 408 g/mol. The van der Waals surface area contributed by atoms with Crippen molar-refractivity contribution < 1.29 is 27.6 Å². The fourth-order valence-corrected chi connectivity index (χ4v) is 2.85. The van der Waals surface area contributed by atoms with E-state index in [0.717, 1.165) is 0 Å². The van der Waals surface area contributed by atoms with E-state index < -0.39 is 47.2 Å². The molecule has 29 heavy (non-hydrogen) atoms. The zero-order valence-electron chi connectivity index (χ0n) is 15.0. The molecule has 0 radical (unpaired) electrons. The summed E-state index contributed by atoms with van der Waals surface area (Å²) in [5.41, 5.74) is -0.889. The third kappa shape index (κ3) is 3.84. The molecule has 1 aromatic carbocycles. The molecule has 2 heterocycles. The first kappa shape index (κ1) is 20.1. The molecule has 1 saturated heterocycles. The zero-order chi connectivity index (χ0) is 21.4. The van der Waals surface area contributed by atoms with E-state index in [1.54, 1.807) is 30.3 Å². The highest BCUT2D eigenvalue weighted by Crippen LogP contribution is 2.28. The van der Waals surface area contributed by atoms with Gasteiger partial charge in [0.2, 0.25) is 0 Å². The van der Waals surface area contributed by atoms with Crippen LogP contribution in [0.15, 0.2) is 53.5 Å². The molecular weight excluding hydrogens is 393 g/mol. The van der Waals surface area contributed by atoms with Crippen LogP contribution in [0, 0.1) is 0 Å². The summed E-state index contributed by atoms with van der Waals surface area (Å²) >= 11 is 0. The molecule has 11 heteroatoms. The summed E-state index contributed by atoms with van der Waals surface area (Å²) in [6.45, 7) is 0.633. The number of nitrogens with one attached hydrogen (secondary N) is 2. The fraction of sp³-hybridized carbons (Fsp3) is 0.222. The van der Waals surface area contributed by atoms with Crippen molar-refractivity contribution >= 4 is 17.8 Å². The first-order chi connectivity index (χ1) is 13.5. The summed E-state index contributed by atoms with van der Waals surface area (Å²) < 4.78 is 38.9. The van der Waals surface area contributed by atoms with E-state index in [2.05, 4.69) is 5.32 Å². The van der Waals surface area contributed by atoms with E-state index in [0.29, 0.717) is 33.5 Å². The lowest BCUT2D eigenvalue weighted by atomic mass is 9.92. The SMILES string of the molecule is CC1(c2ccccc2)NC(=O)N(NC(=O)Cn2cc(C(F)(F)F)ccc2=O)C1=O. The number of carbonyl (C=O) groups excluding carboxylic acids is 3. The van der Waals surface area contributed by atoms with Crippen LogP contribution in [0.3, 0.4) is 0 Å². The Bertz CT molecular complexity index is 1040. The number of hydrazine groups is 1. The highest BCUT2D eigenvalue weighted by molar-refractivity contribution is 6.08. The maximum absolute atomic E-state index is 12.8. The minimum atomic E-state index is -4.70. The number of halogens is 3. The normalized spacial score (nSPS) is 19.2. The Morgan fingerprint density at radius 1 is 1.10 bits per heavy atom. The molecular formula is C18H15F3N4O4. The van der Waals surface area contributed by atoms with Crippen molar-refractivity contribution in [1.29, 1.82) is 0 Å². The molecule has 1 aliphatic rings. The summed E-state index contributed by atoms with van der Waals surface area (Å²) in [4.78, 5) is 48.8. The summed E-state index contributed by atoms with van der Waals surface area (Å²) in [5.74, 6) is -1.80. The molecule has 2 N–H and O–H groups in total. The molecule has 0 aliphatic carbocycles. The Kier molecular flexibility index (Phi) is 4.91. The predicted molar refractivity (Wildman–Crippen MR) is 93.0 cm³/mol. The minimum Gasteiger partial charge on any atom is -0.318 e. The van der Waals surface area contributed by atoms with Gasteiger partial charge in [0, 0.05) is 12.3 Å². The van der Waals surface area contributed by atoms with E-state index in [4.69, 9.17) is 0 Å². The molecule has 0 bridgehead atoms. The highest BCUT2D eigenvalue weighted by Gasteiger charge is 2.50. The fourth-order valence-electron chi connectivity index (χ4n) is 2.85. The number of aromatic nitrogens is 1. The number of urea groups is 1. The number of hydrogen-bond donors (Lipinski definition) is 2. The van der Waals surface area contributed by atoms with E-state index in [1.807, 2.05) is 5.43 Å². The van der Waals surface area contributed by atoms with E-state index in [-0.39, 0.29) is 0 Å². The second kappa shape index (κ2) is 7.08. The number of imide groups is 1. The van der Waals surface area contributed by atoms with E-state index >= 15 is 0 Å². The van der Waals surface area contributed by atoms with Crippen LogP contribution in [0.4, 0.5) is 18.0 Å². The molecule has 3 rings (SSSR count). The van der Waals surface area contributed by atoms with Crippen LogP contribution >= 0.6 is 0 Å². The molecule has 0 spiro atoms. The van der Waals surface area contributed by atoms with Gasteiger partial charge in [0.15, 0.2) is 0 Å². The lowest BCUT2D eigenvalue weighted by Gasteiger charge is -2.22. The highest BCUT2D eigenvalue weighted by atomic mass is 19.4. The largest absolute Gasteiger partial charge is 0.417 e. The Balaban J connectivity index is 1.77. The van der Waals surface area contributed by atoms with E-state index in [1.165, 1.54) is 6.92 Å². The second-order valence-corrected chi connectivity index (χ2v) is 6.48. The number of amides is 4. The lowest BCUT2D eigenvalue weighted by Crippen LogP contribution is -2.49. The van der Waals surface area contributed by atoms with Crippen molar-refractivity contribution in [2.75, 3.05) is 0 Å². The smallest absolute Gasteiger partial charge is 0.318 e. The van der Waals surface area contributed by atoms with Crippen LogP contribution in [0.2, 0.25) is 0 Å². The van der Waals surface area contributed by atoms with Crippen LogP contribution < -0.4 is 16.3 Å². The monoisotopic (exact) mass is 408 g/mol. The first-order valence-electron chi connectivity index (χ1n) is 8.32. The summed E-state index contributed by atoms with van der Waals surface area (Å²) in [6.07, 6.45) is -4.21. The standard InChI is InChI=1S/C18H15F3N4O4/c1-17(11-5-3-2-4-6-11)15(28)25(16(29)22-17)23-13(26)10-24-9-12(18(19,20)21)7-8-14(24)27/h2-9H,10H2,1H3,(H,22,29)(H,23,26). The van der Waals surface area contributed by atoms with Gasteiger partial charge in [-0.1, -0.05) is 30.3 Å². The number of pyridine rings is 1. The molecule has 2 aromatic rings. The van der Waals surface area contributed by atoms with Gasteiger partial charge in [-0.15, -0.1) is 0 Å². The minimum absolute atomic E-state index is 0.438. The van der Waals surface area contributed by atoms with Gasteiger partial charge in [-0.05, 0) is 18.6 Å². The Morgan fingerprint density at radius 3 is 2.38 bits per heavy atom. The summed E-state index contributed by atoms with van der Waals surface area (Å²) in [7, 11) is 0. The van der Waals surface area contributed by atoms with Crippen LogP contribution in [0.25, 0.3) is 0 Å². The van der Waals surface area contributed by atoms with Gasteiger partial charge in [0.05, 0.1) is 5.56 Å². The van der Waals surface area contributed by atoms with Gasteiger partial charge in [-0.25, -0.2) is 4.79 Å². The van der Waals surface area contributed by atoms with Gasteiger partial charge in [-0.3, -0.25) is 19.8 Å². The van der Waals surface area contributed by atoms with Crippen LogP contribution in [0.5, 0.6) is 0 Å². The quantitative estimate of drug-likeness (QED) is 0.747. The van der Waals surface area contributed by atoms with Gasteiger partial charge >= 0.3 is 12.2 Å². The number of alkyl halides is 3. The third-order valence-electron chi connectivity index (χ3n) is 4.40. The molecule has 0 saturated carbocycles. The Labute approximate surface area is 161 Å². The van der Waals surface area contributed by atoms with Gasteiger partial charge in [-0.2, -0.15) is 18.2 Å². The number of nitrogens with zero attached hydrogens (tertiary/aromatic N) is 2. The number of hydrogen-bond acceptors (Lipinski definition) is 4.